The van der Waals surface area contributed by atoms with Gasteiger partial charge in [0.1, 0.15) is 0 Å². The zero-order valence-electron chi connectivity index (χ0n) is 68.7. The number of anilines is 6. The minimum atomic E-state index is -0.744. The Balaban J connectivity index is 1.01. The normalized spacial score (nSPS) is 14.7. The van der Waals surface area contributed by atoms with Crippen LogP contribution in [0.15, 0.2) is 309 Å². The summed E-state index contributed by atoms with van der Waals surface area (Å²) >= 11 is 0. The van der Waals surface area contributed by atoms with Crippen molar-refractivity contribution in [1.82, 2.24) is 13.7 Å². The molecule has 7 heteroatoms. The molecule has 0 unspecified atom stereocenters. The average molecular weight is 1290 g/mol. The highest BCUT2D eigenvalue weighted by Gasteiger charge is 2.45. The molecule has 0 amide bonds. The summed E-state index contributed by atoms with van der Waals surface area (Å²) in [5, 5.41) is 15.6. The zero-order valence-corrected chi connectivity index (χ0v) is 55.7. The minimum absolute atomic E-state index is 0.00921. The first-order valence-electron chi connectivity index (χ1n) is 40.2. The summed E-state index contributed by atoms with van der Waals surface area (Å²) in [4.78, 5) is 4.41. The van der Waals surface area contributed by atoms with Gasteiger partial charge in [-0.3, -0.25) is 0 Å². The Kier molecular flexibility index (Phi) is 10.4. The predicted molar refractivity (Wildman–Crippen MR) is 422 cm³/mol. The quantitative estimate of drug-likeness (QED) is 0.142. The SMILES string of the molecule is [2H]c1c([2H])c([2H])c(-c2ccc3c(c2)N(c2cc(-c4ccccc4)cc(-c4ccccc4)c2)c2cc(-n4c5ccc(C(C)(C)C)cc5c5cc(C(C)(C)C)ccc54)cc4c2B3c2ccc(-n3c5c([2H])c([2H])c([2H])c([2H])c5c5c([2H])c([2H])c([2H])c([2H])c53)cc2N4c2cc(C#N)cc(-n3c4ccccc4c4ccccc43)c2)c([2H])c1[2H]. The third-order valence-electron chi connectivity index (χ3n) is 20.4. The van der Waals surface area contributed by atoms with Crippen LogP contribution in [0, 0.1) is 11.3 Å². The molecule has 0 saturated carbocycles. The fourth-order valence-electron chi connectivity index (χ4n) is 15.7. The maximum Gasteiger partial charge on any atom is 0.252 e. The first-order valence-corrected chi connectivity index (χ1v) is 33.7. The number of hydrogen-bond acceptors (Lipinski definition) is 3. The van der Waals surface area contributed by atoms with Crippen molar-refractivity contribution in [2.24, 2.45) is 0 Å². The summed E-state index contributed by atoms with van der Waals surface area (Å²) < 4.78 is 127. The lowest BCUT2D eigenvalue weighted by molar-refractivity contribution is 0.590. The van der Waals surface area contributed by atoms with Gasteiger partial charge in [-0.05, 0) is 187 Å². The molecule has 3 aromatic heterocycles. The molecular weight excluding hydrogens is 1210 g/mol. The van der Waals surface area contributed by atoms with Gasteiger partial charge in [-0.15, -0.1) is 0 Å². The van der Waals surface area contributed by atoms with E-state index in [1.54, 1.807) is 0 Å². The lowest BCUT2D eigenvalue weighted by Crippen LogP contribution is -2.61. The van der Waals surface area contributed by atoms with Gasteiger partial charge in [0.2, 0.25) is 0 Å². The molecule has 0 radical (unpaired) electrons. The number of nitrogens with zero attached hydrogens (tertiary/aromatic N) is 6. The molecule has 2 aliphatic rings. The molecule has 0 aliphatic carbocycles. The third kappa shape index (κ3) is 9.24. The molecule has 6 nitrogen and oxygen atoms in total. The van der Waals surface area contributed by atoms with Crippen LogP contribution in [0.2, 0.25) is 0 Å². The summed E-state index contributed by atoms with van der Waals surface area (Å²) in [6.07, 6.45) is 0. The Bertz CT molecular complexity index is 6820. The zero-order chi connectivity index (χ0) is 78.6. The molecule has 0 spiro atoms. The second kappa shape index (κ2) is 22.3. The number of aromatic nitrogens is 3. The van der Waals surface area contributed by atoms with Crippen LogP contribution >= 0.6 is 0 Å². The Morgan fingerprint density at radius 3 is 1.31 bits per heavy atom. The van der Waals surface area contributed by atoms with Crippen LogP contribution in [0.4, 0.5) is 34.1 Å². The number of hydrogen-bond donors (Lipinski definition) is 0. The smallest absolute Gasteiger partial charge is 0.252 e. The van der Waals surface area contributed by atoms with Crippen molar-refractivity contribution >= 4 is 123 Å². The van der Waals surface area contributed by atoms with Crippen molar-refractivity contribution in [2.75, 3.05) is 9.80 Å². The molecule has 0 atom stereocenters. The number of benzene rings is 14. The van der Waals surface area contributed by atoms with E-state index in [2.05, 4.69) is 188 Å². The average Bonchev–Trinajstić information content (AvgIpc) is 1.62. The van der Waals surface area contributed by atoms with Gasteiger partial charge in [-0.1, -0.05) is 235 Å². The van der Waals surface area contributed by atoms with Crippen molar-refractivity contribution in [3.8, 4) is 56.5 Å². The van der Waals surface area contributed by atoms with Gasteiger partial charge in [0, 0.05) is 77.8 Å². The van der Waals surface area contributed by atoms with E-state index in [1.165, 1.54) is 4.57 Å². The maximum atomic E-state index is 11.7. The highest BCUT2D eigenvalue weighted by molar-refractivity contribution is 7.00. The minimum Gasteiger partial charge on any atom is -0.311 e. The van der Waals surface area contributed by atoms with Gasteiger partial charge >= 0.3 is 0 Å². The fourth-order valence-corrected chi connectivity index (χ4v) is 15.7. The van der Waals surface area contributed by atoms with Crippen molar-refractivity contribution in [2.45, 2.75) is 52.4 Å². The number of para-hydroxylation sites is 4. The first-order chi connectivity index (χ1) is 54.2. The molecule has 0 fully saturated rings. The molecular formula is C93H69BN6. The van der Waals surface area contributed by atoms with Gasteiger partial charge < -0.3 is 23.5 Å². The predicted octanol–water partition coefficient (Wildman–Crippen LogP) is 22.5. The van der Waals surface area contributed by atoms with Gasteiger partial charge in [0.05, 0.1) is 68.2 Å². The summed E-state index contributed by atoms with van der Waals surface area (Å²) in [6.45, 7) is 12.6. The van der Waals surface area contributed by atoms with E-state index in [9.17, 15) is 16.2 Å². The molecule has 0 saturated heterocycles. The number of rotatable bonds is 8. The standard InChI is InChI=1S/C93H69BN6/c1-92(2,3)66-39-44-85-77(52-66)78-53-67(93(4,5)6)40-45-86(78)98(85)72-56-89-91-90(57-72)100(71-49-64(61-26-12-8-13-27-61)48-65(50-71)62-28-14-9-15-29-62)87-51-63(60-24-10-7-11-25-60)38-42-79(87)94(91)80-43-41-68(96-81-34-20-16-30-73(81)74-31-17-21-35-82(74)96)55-88(80)99(89)70-47-59(58-95)46-69(54-70)97-83-36-22-18-32-75(83)76-33-19-23-37-84(76)97/h7-57H,1-6H3/i7D,10D,11D,16D,17D,20D,21D,24D,25D,30D,31D,34D,35D. The summed E-state index contributed by atoms with van der Waals surface area (Å²) in [7, 11) is 0. The van der Waals surface area contributed by atoms with Crippen LogP contribution in [-0.4, -0.2) is 20.4 Å². The molecule has 0 N–H and O–H groups in total. The number of fused-ring (bicyclic) bond motifs is 13. The van der Waals surface area contributed by atoms with Crippen LogP contribution in [0.5, 0.6) is 0 Å². The van der Waals surface area contributed by atoms with Gasteiger partial charge in [-0.25, -0.2) is 0 Å². The van der Waals surface area contributed by atoms with Crippen molar-refractivity contribution in [3.63, 3.8) is 0 Å². The lowest BCUT2D eigenvalue weighted by Gasteiger charge is -2.45. The maximum absolute atomic E-state index is 11.7. The Labute approximate surface area is 601 Å². The third-order valence-corrected chi connectivity index (χ3v) is 20.4. The van der Waals surface area contributed by atoms with Crippen molar-refractivity contribution in [3.05, 3.63) is 326 Å². The number of nitriles is 1. The Morgan fingerprint density at radius 2 is 0.760 bits per heavy atom. The van der Waals surface area contributed by atoms with Gasteiger partial charge in [0.15, 0.2) is 0 Å². The molecule has 0 bridgehead atoms. The first kappa shape index (κ1) is 46.7. The summed E-state index contributed by atoms with van der Waals surface area (Å²) in [6, 6.07) is 74.7. The molecule has 2 aliphatic heterocycles. The van der Waals surface area contributed by atoms with Crippen LogP contribution < -0.4 is 26.2 Å². The topological polar surface area (TPSA) is 45.1 Å². The Morgan fingerprint density at radius 1 is 0.310 bits per heavy atom. The van der Waals surface area contributed by atoms with Crippen LogP contribution in [-0.2, 0) is 10.8 Å². The summed E-state index contributed by atoms with van der Waals surface area (Å²) in [5.74, 6) is 0. The molecule has 14 aromatic carbocycles. The van der Waals surface area contributed by atoms with Crippen molar-refractivity contribution < 1.29 is 17.8 Å². The van der Waals surface area contributed by atoms with E-state index in [-0.39, 0.29) is 56.0 Å². The second-order valence-electron chi connectivity index (χ2n) is 28.3. The highest BCUT2D eigenvalue weighted by atomic mass is 15.2. The molecule has 100 heavy (non-hydrogen) atoms. The van der Waals surface area contributed by atoms with Crippen LogP contribution in [0.3, 0.4) is 0 Å². The highest BCUT2D eigenvalue weighted by Crippen LogP contribution is 2.50. The fraction of sp³-hybridized carbons (Fsp3) is 0.0860. The van der Waals surface area contributed by atoms with Gasteiger partial charge in [0.25, 0.3) is 6.71 Å². The van der Waals surface area contributed by atoms with E-state index in [0.717, 1.165) is 99.3 Å². The van der Waals surface area contributed by atoms with Gasteiger partial charge in [-0.2, -0.15) is 5.26 Å². The molecule has 474 valence electrons. The van der Waals surface area contributed by atoms with Crippen LogP contribution in [0.1, 0.15) is 76.1 Å². The van der Waals surface area contributed by atoms with Crippen LogP contribution in [0.25, 0.3) is 116 Å². The second-order valence-corrected chi connectivity index (χ2v) is 28.3. The van der Waals surface area contributed by atoms with E-state index >= 15 is 0 Å². The molecule has 5 heterocycles. The monoisotopic (exact) mass is 1290 g/mol. The van der Waals surface area contributed by atoms with E-state index < -0.39 is 73.2 Å². The molecule has 17 aromatic rings. The van der Waals surface area contributed by atoms with E-state index in [1.807, 2.05) is 109 Å². The van der Waals surface area contributed by atoms with Crippen molar-refractivity contribution in [1.29, 1.82) is 5.26 Å². The molecule has 19 rings (SSSR count). The summed E-state index contributed by atoms with van der Waals surface area (Å²) in [5.41, 5.74) is 17.4. The van der Waals surface area contributed by atoms with E-state index in [4.69, 9.17) is 6.85 Å². The Hall–Kier alpha value is -12.4. The largest absolute Gasteiger partial charge is 0.311 e. The van der Waals surface area contributed by atoms with E-state index in [0.29, 0.717) is 50.7 Å². The lowest BCUT2D eigenvalue weighted by atomic mass is 9.33.